The largest absolute Gasteiger partial charge is 0.504 e. The molecule has 0 aliphatic rings. The second-order valence-corrected chi connectivity index (χ2v) is 3.87. The molecule has 1 aromatic rings. The molecule has 0 radical (unpaired) electrons. The van der Waals surface area contributed by atoms with Crippen LogP contribution < -0.4 is 4.74 Å². The van der Waals surface area contributed by atoms with Gasteiger partial charge in [-0.1, -0.05) is 12.1 Å². The van der Waals surface area contributed by atoms with Crippen LogP contribution in [0.25, 0.3) is 0 Å². The van der Waals surface area contributed by atoms with Gasteiger partial charge in [0.25, 0.3) is 0 Å². The number of benzene rings is 1. The fourth-order valence-electron chi connectivity index (χ4n) is 1.52. The van der Waals surface area contributed by atoms with Crippen molar-refractivity contribution in [2.24, 2.45) is 0 Å². The Morgan fingerprint density at radius 2 is 2.07 bits per heavy atom. The number of methoxy groups -OCH3 is 1. The molecule has 0 saturated heterocycles. The van der Waals surface area contributed by atoms with Crippen LogP contribution in [0.4, 0.5) is 0 Å². The summed E-state index contributed by atoms with van der Waals surface area (Å²) >= 11 is 0. The fraction of sp³-hybridized carbons (Fsp3) is 0.500. The van der Waals surface area contributed by atoms with E-state index in [-0.39, 0.29) is 5.75 Å². The first-order valence-corrected chi connectivity index (χ1v) is 5.14. The minimum absolute atomic E-state index is 0.277. The van der Waals surface area contributed by atoms with Gasteiger partial charge in [0.15, 0.2) is 11.5 Å². The molecule has 3 nitrogen and oxygen atoms in total. The number of nitrogens with zero attached hydrogens (tertiary/aromatic N) is 1. The van der Waals surface area contributed by atoms with Gasteiger partial charge in [0, 0.05) is 0 Å². The minimum Gasteiger partial charge on any atom is -0.504 e. The predicted octanol–water partition coefficient (Wildman–Crippen LogP) is 1.90. The molecular formula is C12H19NO2. The molecule has 3 heteroatoms. The van der Waals surface area contributed by atoms with E-state index in [1.807, 2.05) is 26.2 Å². The van der Waals surface area contributed by atoms with Crippen molar-refractivity contribution in [3.8, 4) is 11.5 Å². The van der Waals surface area contributed by atoms with E-state index in [2.05, 4.69) is 4.90 Å². The molecule has 0 spiro atoms. The molecule has 0 aliphatic carbocycles. The summed E-state index contributed by atoms with van der Waals surface area (Å²) in [4.78, 5) is 2.14. The fourth-order valence-corrected chi connectivity index (χ4v) is 1.52. The molecule has 0 atom stereocenters. The van der Waals surface area contributed by atoms with Gasteiger partial charge in [0.2, 0.25) is 0 Å². The number of para-hydroxylation sites is 1. The third-order valence-corrected chi connectivity index (χ3v) is 2.35. The van der Waals surface area contributed by atoms with Crippen LogP contribution in [0.2, 0.25) is 0 Å². The summed E-state index contributed by atoms with van der Waals surface area (Å²) in [6.45, 7) is 1.02. The molecular weight excluding hydrogens is 190 g/mol. The van der Waals surface area contributed by atoms with Gasteiger partial charge in [-0.2, -0.15) is 0 Å². The molecule has 0 aromatic heterocycles. The zero-order valence-corrected chi connectivity index (χ0v) is 9.66. The molecule has 0 fully saturated rings. The highest BCUT2D eigenvalue weighted by Crippen LogP contribution is 2.29. The topological polar surface area (TPSA) is 32.7 Å². The zero-order chi connectivity index (χ0) is 11.3. The quantitative estimate of drug-likeness (QED) is 0.804. The first kappa shape index (κ1) is 11.9. The second kappa shape index (κ2) is 5.61. The Balaban J connectivity index is 2.61. The highest BCUT2D eigenvalue weighted by Gasteiger charge is 2.06. The summed E-state index contributed by atoms with van der Waals surface area (Å²) in [7, 11) is 5.66. The SMILES string of the molecule is COc1cccc(CCCN(C)C)c1O. The van der Waals surface area contributed by atoms with Crippen molar-refractivity contribution >= 4 is 0 Å². The Hall–Kier alpha value is -1.22. The lowest BCUT2D eigenvalue weighted by atomic mass is 10.1. The van der Waals surface area contributed by atoms with Gasteiger partial charge in [-0.15, -0.1) is 0 Å². The first-order valence-electron chi connectivity index (χ1n) is 5.14. The third kappa shape index (κ3) is 3.44. The number of hydrogen-bond donors (Lipinski definition) is 1. The van der Waals surface area contributed by atoms with E-state index in [0.717, 1.165) is 24.9 Å². The molecule has 15 heavy (non-hydrogen) atoms. The van der Waals surface area contributed by atoms with E-state index in [1.165, 1.54) is 0 Å². The molecule has 1 rings (SSSR count). The van der Waals surface area contributed by atoms with Crippen LogP contribution in [0.15, 0.2) is 18.2 Å². The van der Waals surface area contributed by atoms with Crippen molar-refractivity contribution in [2.45, 2.75) is 12.8 Å². The van der Waals surface area contributed by atoms with Crippen LogP contribution in [0.3, 0.4) is 0 Å². The summed E-state index contributed by atoms with van der Waals surface area (Å²) in [6.07, 6.45) is 1.91. The molecule has 0 aliphatic heterocycles. The Bertz CT molecular complexity index is 310. The summed E-state index contributed by atoms with van der Waals surface area (Å²) in [5, 5.41) is 9.82. The van der Waals surface area contributed by atoms with Gasteiger partial charge in [-0.3, -0.25) is 0 Å². The van der Waals surface area contributed by atoms with Crippen molar-refractivity contribution in [2.75, 3.05) is 27.7 Å². The zero-order valence-electron chi connectivity index (χ0n) is 9.66. The Morgan fingerprint density at radius 3 is 2.67 bits per heavy atom. The lowest BCUT2D eigenvalue weighted by Gasteiger charge is -2.11. The maximum absolute atomic E-state index is 9.82. The van der Waals surface area contributed by atoms with E-state index >= 15 is 0 Å². The van der Waals surface area contributed by atoms with E-state index in [9.17, 15) is 5.11 Å². The minimum atomic E-state index is 0.277. The molecule has 0 heterocycles. The highest BCUT2D eigenvalue weighted by molar-refractivity contribution is 5.45. The molecule has 0 unspecified atom stereocenters. The number of aromatic hydroxyl groups is 1. The number of phenols is 1. The molecule has 84 valence electrons. The number of aryl methyl sites for hydroxylation is 1. The van der Waals surface area contributed by atoms with Gasteiger partial charge >= 0.3 is 0 Å². The standard InChI is InChI=1S/C12H19NO2/c1-13(2)9-5-7-10-6-4-8-11(15-3)12(10)14/h4,6,8,14H,5,7,9H2,1-3H3. The van der Waals surface area contributed by atoms with Crippen molar-refractivity contribution in [3.63, 3.8) is 0 Å². The van der Waals surface area contributed by atoms with Gasteiger partial charge in [0.1, 0.15) is 0 Å². The number of rotatable bonds is 5. The Kier molecular flexibility index (Phi) is 4.43. The molecule has 0 saturated carbocycles. The van der Waals surface area contributed by atoms with Crippen molar-refractivity contribution < 1.29 is 9.84 Å². The van der Waals surface area contributed by atoms with Gasteiger partial charge in [0.05, 0.1) is 7.11 Å². The maximum Gasteiger partial charge on any atom is 0.160 e. The molecule has 0 bridgehead atoms. The smallest absolute Gasteiger partial charge is 0.160 e. The van der Waals surface area contributed by atoms with Crippen molar-refractivity contribution in [3.05, 3.63) is 23.8 Å². The summed E-state index contributed by atoms with van der Waals surface area (Å²) < 4.78 is 5.05. The van der Waals surface area contributed by atoms with Gasteiger partial charge in [-0.25, -0.2) is 0 Å². The second-order valence-electron chi connectivity index (χ2n) is 3.87. The lowest BCUT2D eigenvalue weighted by Crippen LogP contribution is -2.13. The Labute approximate surface area is 91.3 Å². The van der Waals surface area contributed by atoms with Crippen LogP contribution >= 0.6 is 0 Å². The van der Waals surface area contributed by atoms with Crippen LogP contribution in [-0.4, -0.2) is 37.8 Å². The molecule has 1 aromatic carbocycles. The van der Waals surface area contributed by atoms with Crippen LogP contribution in [0, 0.1) is 0 Å². The normalized spacial score (nSPS) is 10.7. The third-order valence-electron chi connectivity index (χ3n) is 2.35. The average Bonchev–Trinajstić information content (AvgIpc) is 2.20. The lowest BCUT2D eigenvalue weighted by molar-refractivity contribution is 0.367. The monoisotopic (exact) mass is 209 g/mol. The summed E-state index contributed by atoms with van der Waals surface area (Å²) in [5.74, 6) is 0.830. The van der Waals surface area contributed by atoms with Crippen LogP contribution in [0.1, 0.15) is 12.0 Å². The van der Waals surface area contributed by atoms with E-state index < -0.39 is 0 Å². The number of hydrogen-bond acceptors (Lipinski definition) is 3. The van der Waals surface area contributed by atoms with E-state index in [4.69, 9.17) is 4.74 Å². The van der Waals surface area contributed by atoms with Gasteiger partial charge < -0.3 is 14.7 Å². The van der Waals surface area contributed by atoms with Crippen LogP contribution in [-0.2, 0) is 6.42 Å². The van der Waals surface area contributed by atoms with Crippen molar-refractivity contribution in [1.29, 1.82) is 0 Å². The average molecular weight is 209 g/mol. The number of phenolic OH excluding ortho intramolecular Hbond substituents is 1. The molecule has 0 amide bonds. The van der Waals surface area contributed by atoms with E-state index in [0.29, 0.717) is 5.75 Å². The van der Waals surface area contributed by atoms with E-state index in [1.54, 1.807) is 13.2 Å². The number of ether oxygens (including phenoxy) is 1. The predicted molar refractivity (Wildman–Crippen MR) is 61.5 cm³/mol. The highest BCUT2D eigenvalue weighted by atomic mass is 16.5. The summed E-state index contributed by atoms with van der Waals surface area (Å²) in [5.41, 5.74) is 0.955. The van der Waals surface area contributed by atoms with Gasteiger partial charge in [-0.05, 0) is 45.1 Å². The first-order chi connectivity index (χ1) is 7.15. The maximum atomic E-state index is 9.82. The summed E-state index contributed by atoms with van der Waals surface area (Å²) in [6, 6.07) is 5.61. The Morgan fingerprint density at radius 1 is 1.33 bits per heavy atom. The molecule has 1 N–H and O–H groups in total. The van der Waals surface area contributed by atoms with Crippen molar-refractivity contribution in [1.82, 2.24) is 4.90 Å². The van der Waals surface area contributed by atoms with Crippen LogP contribution in [0.5, 0.6) is 11.5 Å².